The minimum absolute atomic E-state index is 0.0544. The smallest absolute Gasteiger partial charge is 0.279 e. The topological polar surface area (TPSA) is 139 Å². The molecule has 0 aliphatic carbocycles. The van der Waals surface area contributed by atoms with E-state index in [1.807, 2.05) is 0 Å². The number of halogens is 2. The van der Waals surface area contributed by atoms with E-state index in [-0.39, 0.29) is 31.6 Å². The average Bonchev–Trinajstić information content (AvgIpc) is 3.56. The highest BCUT2D eigenvalue weighted by Crippen LogP contribution is 2.46. The third-order valence-electron chi connectivity index (χ3n) is 5.89. The number of alkyl halides is 2. The van der Waals surface area contributed by atoms with Crippen molar-refractivity contribution in [1.82, 2.24) is 13.7 Å². The lowest BCUT2D eigenvalue weighted by Gasteiger charge is -2.25. The fourth-order valence-electron chi connectivity index (χ4n) is 4.21. The van der Waals surface area contributed by atoms with Crippen LogP contribution in [0.4, 0.5) is 8.78 Å². The van der Waals surface area contributed by atoms with Gasteiger partial charge < -0.3 is 0 Å². The summed E-state index contributed by atoms with van der Waals surface area (Å²) in [5.41, 5.74) is -0.621. The molecule has 0 bridgehead atoms. The Morgan fingerprint density at radius 2 is 1.81 bits per heavy atom. The van der Waals surface area contributed by atoms with Crippen molar-refractivity contribution < 1.29 is 34.7 Å². The molecule has 1 aliphatic rings. The molecule has 1 aromatic carbocycles. The van der Waals surface area contributed by atoms with Gasteiger partial charge in [0.05, 0.1) is 10.6 Å². The van der Waals surface area contributed by atoms with Crippen LogP contribution in [-0.2, 0) is 20.0 Å². The highest BCUT2D eigenvalue weighted by Gasteiger charge is 2.33. The quantitative estimate of drug-likeness (QED) is 0.283. The average molecular weight is 590 g/mol. The number of nitrogens with one attached hydrogen (secondary N) is 1. The Morgan fingerprint density at radius 1 is 1.08 bits per heavy atom. The number of thiophene rings is 1. The Bertz CT molecular complexity index is 1690. The van der Waals surface area contributed by atoms with E-state index in [1.165, 1.54) is 48.7 Å². The zero-order valence-corrected chi connectivity index (χ0v) is 22.1. The van der Waals surface area contributed by atoms with Gasteiger partial charge in [0.2, 0.25) is 10.0 Å². The monoisotopic (exact) mass is 589 g/mol. The van der Waals surface area contributed by atoms with E-state index in [2.05, 4.69) is 9.71 Å². The molecule has 4 aromatic rings. The van der Waals surface area contributed by atoms with Crippen LogP contribution in [0.25, 0.3) is 21.5 Å². The number of nitrogens with zero attached hydrogens (tertiary/aromatic N) is 2. The van der Waals surface area contributed by atoms with Crippen LogP contribution >= 0.6 is 21.9 Å². The second kappa shape index (κ2) is 9.41. The summed E-state index contributed by atoms with van der Waals surface area (Å²) in [6, 6.07) is 12.0. The lowest BCUT2D eigenvalue weighted by molar-refractivity contribution is 0.145. The van der Waals surface area contributed by atoms with E-state index < -0.39 is 48.8 Å². The maximum Gasteiger partial charge on any atom is 0.279 e. The van der Waals surface area contributed by atoms with E-state index in [1.54, 1.807) is 6.07 Å². The number of benzene rings is 1. The number of aromatic nitrogens is 2. The molecule has 1 aliphatic heterocycles. The Morgan fingerprint density at radius 3 is 2.46 bits per heavy atom. The maximum absolute atomic E-state index is 14.0. The predicted octanol–water partition coefficient (Wildman–Crippen LogP) is 4.74. The highest BCUT2D eigenvalue weighted by atomic mass is 32.3. The fraction of sp³-hybridized carbons (Fsp3) is 0.227. The molecular formula is C22H21F2N3O6S4. The number of hydrogen-bond donors (Lipinski definition) is 3. The molecule has 9 nitrogen and oxygen atoms in total. The summed E-state index contributed by atoms with van der Waals surface area (Å²) in [7, 11) is -11.2. The van der Waals surface area contributed by atoms with Crippen LogP contribution < -0.4 is 4.72 Å². The summed E-state index contributed by atoms with van der Waals surface area (Å²) in [6.07, 6.45) is -1.55. The Labute approximate surface area is 217 Å². The standard InChI is InChI=1S/C22H21F2N3O6S4/c23-21(24)18-12-17-16(8-10-25-22(17)27(18)37(32,33)15-4-2-1-3-5-15)19-6-7-20(34-19)36(30,31)26-14-9-11-35(28,29)13-14/h1-8,10,12,14,21,26,28-29H,9,11,13H2. The SMILES string of the molecule is O=S(=O)(NC1CCS(O)(O)C1)c1ccc(-c2ccnc3c2cc(C(F)F)n3S(=O)(=O)c2ccccc2)s1. The van der Waals surface area contributed by atoms with Crippen molar-refractivity contribution in [2.45, 2.75) is 28.0 Å². The van der Waals surface area contributed by atoms with Crippen LogP contribution in [0.1, 0.15) is 18.5 Å². The van der Waals surface area contributed by atoms with Gasteiger partial charge >= 0.3 is 0 Å². The first-order chi connectivity index (χ1) is 17.4. The van der Waals surface area contributed by atoms with Gasteiger partial charge in [0.1, 0.15) is 9.90 Å². The van der Waals surface area contributed by atoms with Gasteiger partial charge in [-0.3, -0.25) is 9.11 Å². The van der Waals surface area contributed by atoms with Gasteiger partial charge in [0.25, 0.3) is 16.4 Å². The first kappa shape index (κ1) is 26.2. The summed E-state index contributed by atoms with van der Waals surface area (Å²) in [5, 5.41) is 0.126. The van der Waals surface area contributed by atoms with Crippen molar-refractivity contribution in [3.63, 3.8) is 0 Å². The second-order valence-electron chi connectivity index (χ2n) is 8.45. The predicted molar refractivity (Wildman–Crippen MR) is 138 cm³/mol. The van der Waals surface area contributed by atoms with Crippen molar-refractivity contribution in [2.24, 2.45) is 0 Å². The van der Waals surface area contributed by atoms with Crippen LogP contribution in [-0.4, -0.2) is 52.4 Å². The lowest BCUT2D eigenvalue weighted by Crippen LogP contribution is -2.34. The molecule has 0 spiro atoms. The Hall–Kier alpha value is -2.40. The van der Waals surface area contributed by atoms with Crippen molar-refractivity contribution in [3.8, 4) is 10.4 Å². The van der Waals surface area contributed by atoms with Crippen LogP contribution in [0, 0.1) is 0 Å². The molecule has 4 heterocycles. The van der Waals surface area contributed by atoms with Crippen LogP contribution in [0.5, 0.6) is 0 Å². The molecule has 5 rings (SSSR count). The van der Waals surface area contributed by atoms with Gasteiger partial charge in [0.15, 0.2) is 5.65 Å². The summed E-state index contributed by atoms with van der Waals surface area (Å²) in [5.74, 6) is 0.0650. The lowest BCUT2D eigenvalue weighted by atomic mass is 10.1. The number of pyridine rings is 1. The summed E-state index contributed by atoms with van der Waals surface area (Å²) in [6.45, 7) is 0. The molecule has 1 saturated heterocycles. The van der Waals surface area contributed by atoms with Gasteiger partial charge in [0, 0.05) is 33.8 Å². The molecule has 198 valence electrons. The van der Waals surface area contributed by atoms with E-state index in [0.29, 0.717) is 20.8 Å². The van der Waals surface area contributed by atoms with Gasteiger partial charge in [-0.25, -0.2) is 39.3 Å². The highest BCUT2D eigenvalue weighted by molar-refractivity contribution is 8.24. The molecule has 3 aromatic heterocycles. The normalized spacial score (nSPS) is 19.0. The van der Waals surface area contributed by atoms with Crippen LogP contribution in [0.3, 0.4) is 0 Å². The summed E-state index contributed by atoms with van der Waals surface area (Å²) < 4.78 is 103. The largest absolute Gasteiger partial charge is 0.299 e. The number of rotatable bonds is 7. The van der Waals surface area contributed by atoms with Gasteiger partial charge in [-0.1, -0.05) is 18.2 Å². The fourth-order valence-corrected chi connectivity index (χ4v) is 10.2. The van der Waals surface area contributed by atoms with Crippen molar-refractivity contribution in [2.75, 3.05) is 11.5 Å². The Kier molecular flexibility index (Phi) is 6.67. The van der Waals surface area contributed by atoms with Crippen molar-refractivity contribution in [3.05, 3.63) is 66.5 Å². The van der Waals surface area contributed by atoms with Crippen molar-refractivity contribution in [1.29, 1.82) is 0 Å². The van der Waals surface area contributed by atoms with Crippen LogP contribution in [0.2, 0.25) is 0 Å². The zero-order valence-electron chi connectivity index (χ0n) is 18.9. The molecule has 15 heteroatoms. The number of sulfonamides is 1. The summed E-state index contributed by atoms with van der Waals surface area (Å²) in [4.78, 5) is 4.30. The molecule has 1 unspecified atom stereocenters. The molecule has 1 fully saturated rings. The third kappa shape index (κ3) is 4.92. The van der Waals surface area contributed by atoms with Gasteiger partial charge in [-0.05, 0) is 42.8 Å². The van der Waals surface area contributed by atoms with E-state index >= 15 is 0 Å². The van der Waals surface area contributed by atoms with Gasteiger partial charge in [-0.2, -0.15) is 10.6 Å². The molecule has 0 saturated carbocycles. The molecular weight excluding hydrogens is 569 g/mol. The van der Waals surface area contributed by atoms with E-state index in [4.69, 9.17) is 0 Å². The molecule has 0 radical (unpaired) electrons. The van der Waals surface area contributed by atoms with Crippen molar-refractivity contribution >= 4 is 53.0 Å². The number of fused-ring (bicyclic) bond motifs is 1. The Balaban J connectivity index is 1.57. The first-order valence-corrected chi connectivity index (χ1v) is 16.5. The first-order valence-electron chi connectivity index (χ1n) is 10.8. The van der Waals surface area contributed by atoms with Crippen LogP contribution in [0.15, 0.2) is 69.9 Å². The van der Waals surface area contributed by atoms with Gasteiger partial charge in [-0.15, -0.1) is 11.3 Å². The third-order valence-corrected chi connectivity index (χ3v) is 12.6. The molecule has 1 atom stereocenters. The number of hydrogen-bond acceptors (Lipinski definition) is 8. The van der Waals surface area contributed by atoms with E-state index in [9.17, 15) is 34.7 Å². The van der Waals surface area contributed by atoms with E-state index in [0.717, 1.165) is 17.4 Å². The molecule has 0 amide bonds. The minimum Gasteiger partial charge on any atom is -0.299 e. The maximum atomic E-state index is 14.0. The second-order valence-corrected chi connectivity index (χ2v) is 15.6. The minimum atomic E-state index is -4.41. The zero-order chi connectivity index (χ0) is 26.6. The molecule has 3 N–H and O–H groups in total. The summed E-state index contributed by atoms with van der Waals surface area (Å²) >= 11 is 0.876. The molecule has 37 heavy (non-hydrogen) atoms.